The van der Waals surface area contributed by atoms with E-state index in [0.29, 0.717) is 31.7 Å². The summed E-state index contributed by atoms with van der Waals surface area (Å²) in [5.41, 5.74) is 0.121. The molecule has 1 heterocycles. The minimum Gasteiger partial charge on any atom is -0.484 e. The lowest BCUT2D eigenvalue weighted by Gasteiger charge is -2.32. The first-order valence-electron chi connectivity index (χ1n) is 9.13. The van der Waals surface area contributed by atoms with Crippen molar-refractivity contribution in [2.45, 2.75) is 18.9 Å². The van der Waals surface area contributed by atoms with E-state index >= 15 is 0 Å². The highest BCUT2D eigenvalue weighted by atomic mass is 16.5. The number of nitrogens with one attached hydrogen (secondary N) is 1. The van der Waals surface area contributed by atoms with Crippen molar-refractivity contribution in [1.29, 1.82) is 0 Å². The summed E-state index contributed by atoms with van der Waals surface area (Å²) < 4.78 is 5.49. The fraction of sp³-hybridized carbons (Fsp3) is 0.286. The van der Waals surface area contributed by atoms with E-state index in [-0.39, 0.29) is 29.7 Å². The number of rotatable bonds is 6. The molecule has 0 atom stereocenters. The monoisotopic (exact) mass is 382 g/mol. The van der Waals surface area contributed by atoms with Crippen LogP contribution in [0.25, 0.3) is 0 Å². The summed E-state index contributed by atoms with van der Waals surface area (Å²) >= 11 is 0. The van der Waals surface area contributed by atoms with Crippen LogP contribution in [0.15, 0.2) is 54.6 Å². The standard InChI is InChI=1S/C21H22N2O5/c24-19(14-28-16-6-2-1-3-7-16)23-12-10-15(11-13-23)22-20(25)17-8-4-5-9-18(17)21(26)27/h1-9,15H,10-14H2,(H,22,25)(H,26,27). The topological polar surface area (TPSA) is 95.9 Å². The van der Waals surface area contributed by atoms with Gasteiger partial charge in [0.15, 0.2) is 6.61 Å². The Labute approximate surface area is 162 Å². The van der Waals surface area contributed by atoms with E-state index in [1.165, 1.54) is 12.1 Å². The van der Waals surface area contributed by atoms with Gasteiger partial charge in [-0.25, -0.2) is 4.79 Å². The Kier molecular flexibility index (Phi) is 6.26. The van der Waals surface area contributed by atoms with Crippen molar-refractivity contribution >= 4 is 17.8 Å². The number of aromatic carboxylic acids is 1. The third-order valence-electron chi connectivity index (χ3n) is 4.69. The summed E-state index contributed by atoms with van der Waals surface area (Å²) in [4.78, 5) is 37.7. The number of amides is 2. The molecule has 28 heavy (non-hydrogen) atoms. The maximum atomic E-state index is 12.4. The number of hydrogen-bond acceptors (Lipinski definition) is 4. The third-order valence-corrected chi connectivity index (χ3v) is 4.69. The number of carboxylic acids is 1. The molecule has 0 radical (unpaired) electrons. The van der Waals surface area contributed by atoms with Gasteiger partial charge < -0.3 is 20.1 Å². The summed E-state index contributed by atoms with van der Waals surface area (Å²) in [6.07, 6.45) is 1.22. The predicted octanol–water partition coefficient (Wildman–Crippen LogP) is 2.18. The van der Waals surface area contributed by atoms with Crippen LogP contribution in [-0.2, 0) is 4.79 Å². The second-order valence-corrected chi connectivity index (χ2v) is 6.58. The number of nitrogens with zero attached hydrogens (tertiary/aromatic N) is 1. The molecule has 0 spiro atoms. The lowest BCUT2D eigenvalue weighted by atomic mass is 10.0. The lowest BCUT2D eigenvalue weighted by Crippen LogP contribution is -2.47. The van der Waals surface area contributed by atoms with E-state index in [9.17, 15) is 19.5 Å². The van der Waals surface area contributed by atoms with Crippen LogP contribution in [0.2, 0.25) is 0 Å². The molecule has 1 saturated heterocycles. The van der Waals surface area contributed by atoms with Gasteiger partial charge in [-0.1, -0.05) is 30.3 Å². The van der Waals surface area contributed by atoms with Gasteiger partial charge in [0.25, 0.3) is 11.8 Å². The van der Waals surface area contributed by atoms with Gasteiger partial charge in [0.2, 0.25) is 0 Å². The van der Waals surface area contributed by atoms with E-state index in [0.717, 1.165) is 0 Å². The molecule has 2 aromatic carbocycles. The minimum atomic E-state index is -1.13. The van der Waals surface area contributed by atoms with E-state index in [2.05, 4.69) is 5.32 Å². The maximum Gasteiger partial charge on any atom is 0.336 e. The summed E-state index contributed by atoms with van der Waals surface area (Å²) in [7, 11) is 0. The first-order valence-corrected chi connectivity index (χ1v) is 9.13. The lowest BCUT2D eigenvalue weighted by molar-refractivity contribution is -0.134. The van der Waals surface area contributed by atoms with Crippen LogP contribution in [0.4, 0.5) is 0 Å². The Hall–Kier alpha value is -3.35. The highest BCUT2D eigenvalue weighted by Gasteiger charge is 2.25. The van der Waals surface area contributed by atoms with Gasteiger partial charge >= 0.3 is 5.97 Å². The van der Waals surface area contributed by atoms with Crippen molar-refractivity contribution in [2.24, 2.45) is 0 Å². The average molecular weight is 382 g/mol. The normalized spacial score (nSPS) is 14.4. The fourth-order valence-corrected chi connectivity index (χ4v) is 3.16. The first-order chi connectivity index (χ1) is 13.5. The second kappa shape index (κ2) is 9.03. The Morgan fingerprint density at radius 2 is 1.57 bits per heavy atom. The molecule has 7 heteroatoms. The van der Waals surface area contributed by atoms with Crippen molar-refractivity contribution in [3.05, 3.63) is 65.7 Å². The van der Waals surface area contributed by atoms with Crippen molar-refractivity contribution in [2.75, 3.05) is 19.7 Å². The number of carbonyl (C=O) groups excluding carboxylic acids is 2. The predicted molar refractivity (Wildman–Crippen MR) is 102 cm³/mol. The van der Waals surface area contributed by atoms with E-state index < -0.39 is 11.9 Å². The first kappa shape index (κ1) is 19.4. The van der Waals surface area contributed by atoms with Gasteiger partial charge in [-0.2, -0.15) is 0 Å². The molecule has 0 aromatic heterocycles. The number of para-hydroxylation sites is 1. The van der Waals surface area contributed by atoms with Crippen molar-refractivity contribution in [3.8, 4) is 5.75 Å². The van der Waals surface area contributed by atoms with Gasteiger partial charge in [-0.05, 0) is 37.1 Å². The molecule has 2 N–H and O–H groups in total. The van der Waals surface area contributed by atoms with Crippen LogP contribution in [0.5, 0.6) is 5.75 Å². The molecule has 0 bridgehead atoms. The number of benzene rings is 2. The molecule has 0 aliphatic carbocycles. The third kappa shape index (κ3) is 4.88. The number of likely N-dealkylation sites (tertiary alicyclic amines) is 1. The molecule has 3 rings (SSSR count). The quantitative estimate of drug-likeness (QED) is 0.798. The zero-order valence-electron chi connectivity index (χ0n) is 15.3. The van der Waals surface area contributed by atoms with Gasteiger partial charge in [-0.15, -0.1) is 0 Å². The fourth-order valence-electron chi connectivity index (χ4n) is 3.16. The van der Waals surface area contributed by atoms with E-state index in [1.807, 2.05) is 18.2 Å². The summed E-state index contributed by atoms with van der Waals surface area (Å²) in [5, 5.41) is 12.1. The Morgan fingerprint density at radius 3 is 2.21 bits per heavy atom. The molecule has 1 aliphatic rings. The van der Waals surface area contributed by atoms with E-state index in [4.69, 9.17) is 4.74 Å². The van der Waals surface area contributed by atoms with Crippen LogP contribution in [-0.4, -0.2) is 53.5 Å². The second-order valence-electron chi connectivity index (χ2n) is 6.58. The number of hydrogen-bond donors (Lipinski definition) is 2. The van der Waals surface area contributed by atoms with Crippen LogP contribution in [0.1, 0.15) is 33.6 Å². The molecular weight excluding hydrogens is 360 g/mol. The van der Waals surface area contributed by atoms with Crippen LogP contribution < -0.4 is 10.1 Å². The van der Waals surface area contributed by atoms with Crippen molar-refractivity contribution < 1.29 is 24.2 Å². The number of ether oxygens (including phenoxy) is 1. The van der Waals surface area contributed by atoms with Gasteiger partial charge in [-0.3, -0.25) is 9.59 Å². The van der Waals surface area contributed by atoms with Gasteiger partial charge in [0, 0.05) is 19.1 Å². The molecule has 1 aliphatic heterocycles. The number of carboxylic acid groups (broad SMARTS) is 1. The van der Waals surface area contributed by atoms with Crippen molar-refractivity contribution in [3.63, 3.8) is 0 Å². The molecule has 0 unspecified atom stereocenters. The minimum absolute atomic E-state index is 0.0208. The van der Waals surface area contributed by atoms with Crippen molar-refractivity contribution in [1.82, 2.24) is 10.2 Å². The Morgan fingerprint density at radius 1 is 0.964 bits per heavy atom. The molecular formula is C21H22N2O5. The highest BCUT2D eigenvalue weighted by Crippen LogP contribution is 2.15. The summed E-state index contributed by atoms with van der Waals surface area (Å²) in [6, 6.07) is 15.2. The molecule has 0 saturated carbocycles. The summed E-state index contributed by atoms with van der Waals surface area (Å²) in [6.45, 7) is 1.01. The van der Waals surface area contributed by atoms with E-state index in [1.54, 1.807) is 29.2 Å². The Bertz CT molecular complexity index is 845. The highest BCUT2D eigenvalue weighted by molar-refractivity contribution is 6.04. The number of piperidine rings is 1. The van der Waals surface area contributed by atoms with Gasteiger partial charge in [0.1, 0.15) is 5.75 Å². The Balaban J connectivity index is 1.48. The largest absolute Gasteiger partial charge is 0.484 e. The average Bonchev–Trinajstić information content (AvgIpc) is 2.73. The number of carbonyl (C=O) groups is 3. The SMILES string of the molecule is O=C(O)c1ccccc1C(=O)NC1CCN(C(=O)COc2ccccc2)CC1. The smallest absolute Gasteiger partial charge is 0.336 e. The zero-order valence-corrected chi connectivity index (χ0v) is 15.3. The zero-order chi connectivity index (χ0) is 19.9. The molecule has 2 amide bonds. The van der Waals surface area contributed by atoms with Crippen LogP contribution in [0, 0.1) is 0 Å². The summed E-state index contributed by atoms with van der Waals surface area (Å²) in [5.74, 6) is -0.986. The molecule has 146 valence electrons. The maximum absolute atomic E-state index is 12.4. The van der Waals surface area contributed by atoms with Crippen LogP contribution in [0.3, 0.4) is 0 Å². The molecule has 2 aromatic rings. The van der Waals surface area contributed by atoms with Gasteiger partial charge in [0.05, 0.1) is 11.1 Å². The molecule has 1 fully saturated rings. The van der Waals surface area contributed by atoms with Crippen LogP contribution >= 0.6 is 0 Å². The molecule has 7 nitrogen and oxygen atoms in total.